The first-order valence-electron chi connectivity index (χ1n) is 7.91. The predicted octanol–water partition coefficient (Wildman–Crippen LogP) is 5.40. The van der Waals surface area contributed by atoms with Crippen molar-refractivity contribution in [3.63, 3.8) is 0 Å². The number of carbonyl (C=O) groups is 1. The second-order valence-electron chi connectivity index (χ2n) is 5.70. The number of amides is 1. The number of rotatable bonds is 5. The van der Waals surface area contributed by atoms with Gasteiger partial charge in [0.2, 0.25) is 5.91 Å². The van der Waals surface area contributed by atoms with Gasteiger partial charge in [-0.15, -0.1) is 11.3 Å². The Morgan fingerprint density at radius 2 is 2.00 bits per heavy atom. The number of benzene rings is 1. The van der Waals surface area contributed by atoms with E-state index < -0.39 is 23.6 Å². The summed E-state index contributed by atoms with van der Waals surface area (Å²) in [7, 11) is 0. The molecule has 0 saturated heterocycles. The van der Waals surface area contributed by atoms with Crippen molar-refractivity contribution in [3.8, 4) is 10.6 Å². The number of hydrogen-bond donors (Lipinski definition) is 1. The standard InChI is InChI=1S/C18H13F4N3OS2/c1-10-4-5-11(7-12(10)19)23-16(26)9-28-17-24-13(14-3-2-6-27-14)8-15(25-17)18(20,21)22/h2-8H,9H2,1H3,(H,23,26). The van der Waals surface area contributed by atoms with Crippen molar-refractivity contribution in [2.75, 3.05) is 11.1 Å². The molecule has 0 radical (unpaired) electrons. The SMILES string of the molecule is Cc1ccc(NC(=O)CSc2nc(-c3cccs3)cc(C(F)(F)F)n2)cc1F. The van der Waals surface area contributed by atoms with Crippen molar-refractivity contribution >= 4 is 34.7 Å². The summed E-state index contributed by atoms with van der Waals surface area (Å²) in [6, 6.07) is 8.47. The Labute approximate surface area is 166 Å². The molecule has 0 aliphatic carbocycles. The van der Waals surface area contributed by atoms with Crippen LogP contribution in [0.3, 0.4) is 0 Å². The van der Waals surface area contributed by atoms with Crippen LogP contribution in [-0.4, -0.2) is 21.6 Å². The molecular formula is C18H13F4N3OS2. The van der Waals surface area contributed by atoms with E-state index in [0.717, 1.165) is 17.8 Å². The minimum absolute atomic E-state index is 0.140. The highest BCUT2D eigenvalue weighted by Gasteiger charge is 2.34. The zero-order valence-electron chi connectivity index (χ0n) is 14.4. The zero-order chi connectivity index (χ0) is 20.3. The van der Waals surface area contributed by atoms with Gasteiger partial charge >= 0.3 is 6.18 Å². The summed E-state index contributed by atoms with van der Waals surface area (Å²) >= 11 is 2.02. The lowest BCUT2D eigenvalue weighted by Gasteiger charge is -2.10. The van der Waals surface area contributed by atoms with Crippen LogP contribution in [0.4, 0.5) is 23.2 Å². The quantitative estimate of drug-likeness (QED) is 0.336. The van der Waals surface area contributed by atoms with Crippen LogP contribution in [-0.2, 0) is 11.0 Å². The number of nitrogens with zero attached hydrogens (tertiary/aromatic N) is 2. The van der Waals surface area contributed by atoms with Crippen LogP contribution in [0.1, 0.15) is 11.3 Å². The van der Waals surface area contributed by atoms with Crippen LogP contribution >= 0.6 is 23.1 Å². The zero-order valence-corrected chi connectivity index (χ0v) is 16.0. The number of thioether (sulfide) groups is 1. The third-order valence-corrected chi connectivity index (χ3v) is 5.30. The van der Waals surface area contributed by atoms with Crippen molar-refractivity contribution in [2.45, 2.75) is 18.3 Å². The van der Waals surface area contributed by atoms with Crippen molar-refractivity contribution < 1.29 is 22.4 Å². The number of thiophene rings is 1. The molecule has 0 saturated carbocycles. The van der Waals surface area contributed by atoms with Crippen LogP contribution < -0.4 is 5.32 Å². The number of anilines is 1. The molecule has 28 heavy (non-hydrogen) atoms. The summed E-state index contributed by atoms with van der Waals surface area (Å²) in [4.78, 5) is 20.2. The summed E-state index contributed by atoms with van der Waals surface area (Å²) in [5.74, 6) is -1.19. The number of alkyl halides is 3. The number of nitrogens with one attached hydrogen (secondary N) is 1. The summed E-state index contributed by atoms with van der Waals surface area (Å²) in [5, 5.41) is 4.06. The lowest BCUT2D eigenvalue weighted by Crippen LogP contribution is -2.15. The molecule has 1 N–H and O–H groups in total. The largest absolute Gasteiger partial charge is 0.433 e. The molecule has 0 aliphatic rings. The predicted molar refractivity (Wildman–Crippen MR) is 101 cm³/mol. The highest BCUT2D eigenvalue weighted by Crippen LogP contribution is 2.33. The third kappa shape index (κ3) is 5.08. The number of carbonyl (C=O) groups excluding carboxylic acids is 1. The van der Waals surface area contributed by atoms with Crippen LogP contribution in [0.15, 0.2) is 46.9 Å². The maximum Gasteiger partial charge on any atom is 0.433 e. The lowest BCUT2D eigenvalue weighted by molar-refractivity contribution is -0.141. The van der Waals surface area contributed by atoms with E-state index in [1.165, 1.54) is 29.5 Å². The Morgan fingerprint density at radius 1 is 1.21 bits per heavy atom. The topological polar surface area (TPSA) is 54.9 Å². The minimum Gasteiger partial charge on any atom is -0.325 e. The van der Waals surface area contributed by atoms with Gasteiger partial charge in [0.15, 0.2) is 5.16 Å². The molecule has 2 aromatic heterocycles. The molecule has 4 nitrogen and oxygen atoms in total. The van der Waals surface area contributed by atoms with E-state index in [-0.39, 0.29) is 22.3 Å². The van der Waals surface area contributed by atoms with Crippen LogP contribution in [0, 0.1) is 12.7 Å². The van der Waals surface area contributed by atoms with E-state index in [9.17, 15) is 22.4 Å². The van der Waals surface area contributed by atoms with E-state index in [1.54, 1.807) is 24.4 Å². The van der Waals surface area contributed by atoms with Gasteiger partial charge in [-0.05, 0) is 42.1 Å². The fourth-order valence-electron chi connectivity index (χ4n) is 2.18. The molecule has 0 fully saturated rings. The second-order valence-corrected chi connectivity index (χ2v) is 7.59. The summed E-state index contributed by atoms with van der Waals surface area (Å²) < 4.78 is 52.9. The Bertz CT molecular complexity index is 991. The first kappa shape index (κ1) is 20.3. The lowest BCUT2D eigenvalue weighted by atomic mass is 10.2. The van der Waals surface area contributed by atoms with E-state index >= 15 is 0 Å². The molecule has 3 rings (SSSR count). The van der Waals surface area contributed by atoms with Crippen molar-refractivity contribution in [3.05, 3.63) is 58.9 Å². The van der Waals surface area contributed by atoms with Gasteiger partial charge < -0.3 is 5.32 Å². The molecule has 0 aliphatic heterocycles. The van der Waals surface area contributed by atoms with Crippen LogP contribution in [0.2, 0.25) is 0 Å². The molecule has 0 spiro atoms. The molecule has 10 heteroatoms. The molecule has 146 valence electrons. The second kappa shape index (κ2) is 8.27. The monoisotopic (exact) mass is 427 g/mol. The Balaban J connectivity index is 1.75. The van der Waals surface area contributed by atoms with Gasteiger partial charge in [-0.2, -0.15) is 13.2 Å². The van der Waals surface area contributed by atoms with Gasteiger partial charge in [-0.3, -0.25) is 4.79 Å². The van der Waals surface area contributed by atoms with Gasteiger partial charge in [0.25, 0.3) is 0 Å². The molecule has 2 heterocycles. The smallest absolute Gasteiger partial charge is 0.325 e. The molecular weight excluding hydrogens is 414 g/mol. The number of halogens is 4. The van der Waals surface area contributed by atoms with Gasteiger partial charge in [-0.1, -0.05) is 23.9 Å². The van der Waals surface area contributed by atoms with Crippen molar-refractivity contribution in [2.24, 2.45) is 0 Å². The van der Waals surface area contributed by atoms with E-state index in [4.69, 9.17) is 0 Å². The molecule has 0 unspecified atom stereocenters. The first-order chi connectivity index (χ1) is 13.2. The van der Waals surface area contributed by atoms with Gasteiger partial charge in [-0.25, -0.2) is 14.4 Å². The summed E-state index contributed by atoms with van der Waals surface area (Å²) in [6.45, 7) is 1.59. The number of aromatic nitrogens is 2. The fraction of sp³-hybridized carbons (Fsp3) is 0.167. The van der Waals surface area contributed by atoms with Crippen LogP contribution in [0.25, 0.3) is 10.6 Å². The number of aryl methyl sites for hydroxylation is 1. The highest BCUT2D eigenvalue weighted by atomic mass is 32.2. The molecule has 1 amide bonds. The van der Waals surface area contributed by atoms with Crippen LogP contribution in [0.5, 0.6) is 0 Å². The maximum absolute atomic E-state index is 13.5. The average molecular weight is 427 g/mol. The molecule has 0 atom stereocenters. The van der Waals surface area contributed by atoms with Crippen molar-refractivity contribution in [1.82, 2.24) is 9.97 Å². The maximum atomic E-state index is 13.5. The first-order valence-corrected chi connectivity index (χ1v) is 9.78. The number of hydrogen-bond acceptors (Lipinski definition) is 5. The summed E-state index contributed by atoms with van der Waals surface area (Å²) in [6.07, 6.45) is -4.63. The Morgan fingerprint density at radius 3 is 2.64 bits per heavy atom. The average Bonchev–Trinajstić information content (AvgIpc) is 3.17. The fourth-order valence-corrected chi connectivity index (χ4v) is 3.53. The van der Waals surface area contributed by atoms with Gasteiger partial charge in [0.1, 0.15) is 11.5 Å². The van der Waals surface area contributed by atoms with Gasteiger partial charge in [0.05, 0.1) is 16.3 Å². The minimum atomic E-state index is -4.63. The Hall–Kier alpha value is -2.46. The van der Waals surface area contributed by atoms with E-state index in [2.05, 4.69) is 15.3 Å². The van der Waals surface area contributed by atoms with E-state index in [1.807, 2.05) is 0 Å². The van der Waals surface area contributed by atoms with Crippen molar-refractivity contribution in [1.29, 1.82) is 0 Å². The molecule has 1 aromatic carbocycles. The highest BCUT2D eigenvalue weighted by molar-refractivity contribution is 7.99. The van der Waals surface area contributed by atoms with Gasteiger partial charge in [0, 0.05) is 5.69 Å². The van der Waals surface area contributed by atoms with E-state index in [0.29, 0.717) is 10.4 Å². The molecule has 3 aromatic rings. The third-order valence-electron chi connectivity index (χ3n) is 3.56. The Kier molecular flexibility index (Phi) is 5.99. The summed E-state index contributed by atoms with van der Waals surface area (Å²) in [5.41, 5.74) is -0.237. The normalized spacial score (nSPS) is 11.5. The molecule has 0 bridgehead atoms.